The van der Waals surface area contributed by atoms with Gasteiger partial charge in [0, 0.05) is 6.07 Å². The van der Waals surface area contributed by atoms with E-state index >= 15 is 0 Å². The number of carbonyl (C=O) groups excluding carboxylic acids is 1. The zero-order valence-corrected chi connectivity index (χ0v) is 12.8. The van der Waals surface area contributed by atoms with E-state index < -0.39 is 0 Å². The fourth-order valence-electron chi connectivity index (χ4n) is 2.34. The van der Waals surface area contributed by atoms with Crippen LogP contribution < -0.4 is 10.1 Å². The maximum Gasteiger partial charge on any atom is 0.260 e. The Morgan fingerprint density at radius 3 is 2.61 bits per heavy atom. The number of para-hydroxylation sites is 1. The second-order valence-corrected chi connectivity index (χ2v) is 5.01. The van der Waals surface area contributed by atoms with E-state index in [2.05, 4.69) is 10.4 Å². The monoisotopic (exact) mass is 307 g/mol. The minimum absolute atomic E-state index is 0.225. The molecule has 116 valence electrons. The lowest BCUT2D eigenvalue weighted by molar-refractivity contribution is 0.102. The van der Waals surface area contributed by atoms with E-state index in [4.69, 9.17) is 4.74 Å². The van der Waals surface area contributed by atoms with Crippen LogP contribution in [0.3, 0.4) is 0 Å². The Balaban J connectivity index is 1.79. The first-order valence-corrected chi connectivity index (χ1v) is 7.28. The van der Waals surface area contributed by atoms with Crippen molar-refractivity contribution < 1.29 is 9.53 Å². The van der Waals surface area contributed by atoms with Crippen molar-refractivity contribution in [2.45, 2.75) is 6.54 Å². The highest BCUT2D eigenvalue weighted by atomic mass is 16.5. The summed E-state index contributed by atoms with van der Waals surface area (Å²) in [5.74, 6) is 0.959. The van der Waals surface area contributed by atoms with Crippen LogP contribution in [-0.2, 0) is 6.54 Å². The number of rotatable bonds is 5. The maximum absolute atomic E-state index is 12.5. The Hall–Kier alpha value is -3.08. The Labute approximate surface area is 134 Å². The molecule has 2 aromatic carbocycles. The maximum atomic E-state index is 12.5. The topological polar surface area (TPSA) is 56.1 Å². The van der Waals surface area contributed by atoms with Crippen LogP contribution in [0.5, 0.6) is 5.75 Å². The molecule has 1 amide bonds. The van der Waals surface area contributed by atoms with Crippen LogP contribution in [-0.4, -0.2) is 22.8 Å². The molecule has 0 spiro atoms. The summed E-state index contributed by atoms with van der Waals surface area (Å²) in [4.78, 5) is 12.5. The summed E-state index contributed by atoms with van der Waals surface area (Å²) in [6.07, 6.45) is 1.67. The number of methoxy groups -OCH3 is 1. The lowest BCUT2D eigenvalue weighted by Gasteiger charge is -2.11. The van der Waals surface area contributed by atoms with Crippen LogP contribution >= 0.6 is 0 Å². The van der Waals surface area contributed by atoms with Gasteiger partial charge in [-0.2, -0.15) is 5.10 Å². The largest absolute Gasteiger partial charge is 0.496 e. The van der Waals surface area contributed by atoms with Crippen molar-refractivity contribution in [2.24, 2.45) is 0 Å². The smallest absolute Gasteiger partial charge is 0.260 e. The van der Waals surface area contributed by atoms with Crippen LogP contribution in [0.25, 0.3) is 0 Å². The first-order valence-electron chi connectivity index (χ1n) is 7.28. The number of hydrogen-bond donors (Lipinski definition) is 1. The number of aromatic nitrogens is 2. The summed E-state index contributed by atoms with van der Waals surface area (Å²) in [5, 5.41) is 7.15. The van der Waals surface area contributed by atoms with Gasteiger partial charge in [-0.3, -0.25) is 4.79 Å². The second-order valence-electron chi connectivity index (χ2n) is 5.01. The van der Waals surface area contributed by atoms with E-state index in [1.165, 1.54) is 0 Å². The number of nitrogens with one attached hydrogen (secondary N) is 1. The van der Waals surface area contributed by atoms with E-state index in [0.717, 1.165) is 5.56 Å². The highest BCUT2D eigenvalue weighted by Gasteiger charge is 2.13. The predicted molar refractivity (Wildman–Crippen MR) is 88.7 cm³/mol. The number of amides is 1. The molecule has 0 bridgehead atoms. The van der Waals surface area contributed by atoms with Crippen molar-refractivity contribution in [2.75, 3.05) is 12.4 Å². The number of nitrogens with zero attached hydrogens (tertiary/aromatic N) is 2. The fraction of sp³-hybridized carbons (Fsp3) is 0.111. The quantitative estimate of drug-likeness (QED) is 0.787. The lowest BCUT2D eigenvalue weighted by Crippen LogP contribution is -2.17. The van der Waals surface area contributed by atoms with Crippen LogP contribution in [0.15, 0.2) is 66.9 Å². The van der Waals surface area contributed by atoms with Crippen molar-refractivity contribution in [3.05, 3.63) is 78.0 Å². The summed E-state index contributed by atoms with van der Waals surface area (Å²) in [6, 6.07) is 18.9. The Bertz CT molecular complexity index is 797. The summed E-state index contributed by atoms with van der Waals surface area (Å²) in [5.41, 5.74) is 1.60. The van der Waals surface area contributed by atoms with Gasteiger partial charge in [0.05, 0.1) is 25.4 Å². The standard InChI is InChI=1S/C18H17N3O2/c1-23-16-10-6-5-9-15(16)18(22)20-17-11-12-19-21(17)13-14-7-3-2-4-8-14/h2-12H,13H2,1H3,(H,20,22). The fourth-order valence-corrected chi connectivity index (χ4v) is 2.34. The van der Waals surface area contributed by atoms with Gasteiger partial charge in [-0.25, -0.2) is 4.68 Å². The lowest BCUT2D eigenvalue weighted by atomic mass is 10.2. The van der Waals surface area contributed by atoms with Gasteiger partial charge in [0.1, 0.15) is 11.6 Å². The van der Waals surface area contributed by atoms with Crippen molar-refractivity contribution >= 4 is 11.7 Å². The molecule has 0 radical (unpaired) electrons. The van der Waals surface area contributed by atoms with Gasteiger partial charge in [-0.15, -0.1) is 0 Å². The van der Waals surface area contributed by atoms with Gasteiger partial charge in [0.2, 0.25) is 0 Å². The number of ether oxygens (including phenoxy) is 1. The molecule has 0 fully saturated rings. The van der Waals surface area contributed by atoms with Gasteiger partial charge >= 0.3 is 0 Å². The van der Waals surface area contributed by atoms with Crippen LogP contribution in [0.1, 0.15) is 15.9 Å². The van der Waals surface area contributed by atoms with Crippen molar-refractivity contribution in [3.8, 4) is 5.75 Å². The van der Waals surface area contributed by atoms with Crippen LogP contribution in [0.2, 0.25) is 0 Å². The summed E-state index contributed by atoms with van der Waals surface area (Å²) < 4.78 is 6.98. The molecule has 23 heavy (non-hydrogen) atoms. The first kappa shape index (κ1) is 14.8. The minimum atomic E-state index is -0.225. The molecule has 0 unspecified atom stereocenters. The average molecular weight is 307 g/mol. The van der Waals surface area contributed by atoms with Crippen LogP contribution in [0.4, 0.5) is 5.82 Å². The number of carbonyl (C=O) groups is 1. The van der Waals surface area contributed by atoms with E-state index in [1.807, 2.05) is 36.4 Å². The molecular formula is C18H17N3O2. The zero-order valence-electron chi connectivity index (χ0n) is 12.8. The normalized spacial score (nSPS) is 10.3. The highest BCUT2D eigenvalue weighted by Crippen LogP contribution is 2.19. The Morgan fingerprint density at radius 1 is 1.09 bits per heavy atom. The van der Waals surface area contributed by atoms with E-state index in [-0.39, 0.29) is 5.91 Å². The third kappa shape index (κ3) is 3.40. The highest BCUT2D eigenvalue weighted by molar-refractivity contribution is 6.05. The molecule has 0 saturated carbocycles. The SMILES string of the molecule is COc1ccccc1C(=O)Nc1ccnn1Cc1ccccc1. The third-order valence-corrected chi connectivity index (χ3v) is 3.48. The van der Waals surface area contributed by atoms with E-state index in [1.54, 1.807) is 42.3 Å². The van der Waals surface area contributed by atoms with Gasteiger partial charge in [0.25, 0.3) is 5.91 Å². The Kier molecular flexibility index (Phi) is 4.38. The molecular weight excluding hydrogens is 290 g/mol. The van der Waals surface area contributed by atoms with Crippen molar-refractivity contribution in [3.63, 3.8) is 0 Å². The molecule has 1 heterocycles. The zero-order chi connectivity index (χ0) is 16.1. The molecule has 5 heteroatoms. The molecule has 0 aliphatic carbocycles. The number of benzene rings is 2. The predicted octanol–water partition coefficient (Wildman–Crippen LogP) is 3.19. The van der Waals surface area contributed by atoms with Crippen molar-refractivity contribution in [1.29, 1.82) is 0 Å². The number of hydrogen-bond acceptors (Lipinski definition) is 3. The minimum Gasteiger partial charge on any atom is -0.496 e. The molecule has 0 aliphatic rings. The summed E-state index contributed by atoms with van der Waals surface area (Å²) in [6.45, 7) is 0.593. The summed E-state index contributed by atoms with van der Waals surface area (Å²) >= 11 is 0. The van der Waals surface area contributed by atoms with Gasteiger partial charge in [0.15, 0.2) is 0 Å². The molecule has 0 atom stereocenters. The molecule has 0 aliphatic heterocycles. The van der Waals surface area contributed by atoms with Gasteiger partial charge in [-0.05, 0) is 17.7 Å². The third-order valence-electron chi connectivity index (χ3n) is 3.48. The molecule has 3 rings (SSSR count). The van der Waals surface area contributed by atoms with Crippen molar-refractivity contribution in [1.82, 2.24) is 9.78 Å². The molecule has 3 aromatic rings. The number of anilines is 1. The summed E-state index contributed by atoms with van der Waals surface area (Å²) in [7, 11) is 1.55. The molecule has 0 saturated heterocycles. The second kappa shape index (κ2) is 6.79. The first-order chi connectivity index (χ1) is 11.3. The van der Waals surface area contributed by atoms with Gasteiger partial charge in [-0.1, -0.05) is 42.5 Å². The van der Waals surface area contributed by atoms with Gasteiger partial charge < -0.3 is 10.1 Å². The van der Waals surface area contributed by atoms with E-state index in [9.17, 15) is 4.79 Å². The Morgan fingerprint density at radius 2 is 1.83 bits per heavy atom. The average Bonchev–Trinajstić information content (AvgIpc) is 3.02. The molecule has 1 N–H and O–H groups in total. The molecule has 5 nitrogen and oxygen atoms in total. The molecule has 1 aromatic heterocycles. The van der Waals surface area contributed by atoms with Crippen LogP contribution in [0, 0.1) is 0 Å². The van der Waals surface area contributed by atoms with E-state index in [0.29, 0.717) is 23.7 Å².